The number of rotatable bonds is 5. The topological polar surface area (TPSA) is 49.4 Å². The van der Waals surface area contributed by atoms with Gasteiger partial charge in [0.05, 0.1) is 0 Å². The zero-order chi connectivity index (χ0) is 14.5. The van der Waals surface area contributed by atoms with Gasteiger partial charge >= 0.3 is 0 Å². The van der Waals surface area contributed by atoms with Gasteiger partial charge in [-0.2, -0.15) is 0 Å². The average molecular weight is 280 g/mol. The first-order valence-electron chi connectivity index (χ1n) is 8.14. The molecule has 2 aliphatic rings. The number of nitrogens with zero attached hydrogens (tertiary/aromatic N) is 1. The van der Waals surface area contributed by atoms with E-state index in [0.29, 0.717) is 18.2 Å². The highest BCUT2D eigenvalue weighted by atomic mass is 16.1. The van der Waals surface area contributed by atoms with Gasteiger partial charge in [-0.15, -0.1) is 0 Å². The second-order valence-electron chi connectivity index (χ2n) is 6.54. The highest BCUT2D eigenvalue weighted by Gasteiger charge is 2.36. The van der Waals surface area contributed by atoms with Gasteiger partial charge in [-0.25, -0.2) is 0 Å². The van der Waals surface area contributed by atoms with E-state index in [9.17, 15) is 9.59 Å². The molecule has 1 N–H and O–H groups in total. The molecule has 2 unspecified atom stereocenters. The average Bonchev–Trinajstić information content (AvgIpc) is 2.82. The van der Waals surface area contributed by atoms with Gasteiger partial charge in [-0.3, -0.25) is 14.5 Å². The molecule has 1 amide bonds. The number of ketones is 1. The summed E-state index contributed by atoms with van der Waals surface area (Å²) >= 11 is 0. The monoisotopic (exact) mass is 280 g/mol. The number of nitrogens with one attached hydrogen (secondary N) is 1. The Kier molecular flexibility index (Phi) is 5.58. The minimum atomic E-state index is 0.127. The fraction of sp³-hybridized carbons (Fsp3) is 0.875. The van der Waals surface area contributed by atoms with E-state index < -0.39 is 0 Å². The summed E-state index contributed by atoms with van der Waals surface area (Å²) in [5, 5.41) is 2.94. The molecule has 4 nitrogen and oxygen atoms in total. The fourth-order valence-electron chi connectivity index (χ4n) is 3.64. The van der Waals surface area contributed by atoms with Gasteiger partial charge in [-0.1, -0.05) is 6.42 Å². The third-order valence-corrected chi connectivity index (χ3v) is 4.56. The van der Waals surface area contributed by atoms with E-state index in [1.54, 1.807) is 0 Å². The number of likely N-dealkylation sites (tertiary alicyclic amines) is 1. The molecule has 4 heteroatoms. The van der Waals surface area contributed by atoms with Crippen molar-refractivity contribution in [3.63, 3.8) is 0 Å². The summed E-state index contributed by atoms with van der Waals surface area (Å²) in [5.74, 6) is 0.819. The van der Waals surface area contributed by atoms with Crippen molar-refractivity contribution >= 4 is 11.7 Å². The van der Waals surface area contributed by atoms with Gasteiger partial charge in [0, 0.05) is 37.4 Å². The predicted octanol–water partition coefficient (Wildman–Crippen LogP) is 2.12. The molecule has 20 heavy (non-hydrogen) atoms. The number of piperidine rings is 1. The molecule has 114 valence electrons. The first-order chi connectivity index (χ1) is 9.58. The highest BCUT2D eigenvalue weighted by Crippen LogP contribution is 2.32. The van der Waals surface area contributed by atoms with Crippen LogP contribution in [0.3, 0.4) is 0 Å². The quantitative estimate of drug-likeness (QED) is 0.839. The zero-order valence-electron chi connectivity index (χ0n) is 12.9. The lowest BCUT2D eigenvalue weighted by molar-refractivity contribution is -0.123. The van der Waals surface area contributed by atoms with Gasteiger partial charge in [-0.05, 0) is 46.1 Å². The molecule has 0 radical (unpaired) electrons. The van der Waals surface area contributed by atoms with Crippen LogP contribution in [0, 0.1) is 5.92 Å². The Morgan fingerprint density at radius 1 is 1.30 bits per heavy atom. The van der Waals surface area contributed by atoms with E-state index >= 15 is 0 Å². The summed E-state index contributed by atoms with van der Waals surface area (Å²) < 4.78 is 0. The second kappa shape index (κ2) is 7.21. The van der Waals surface area contributed by atoms with Gasteiger partial charge < -0.3 is 5.32 Å². The van der Waals surface area contributed by atoms with Crippen molar-refractivity contribution in [3.05, 3.63) is 0 Å². The molecule has 0 bridgehead atoms. The number of carbonyl (C=O) groups excluding carboxylic acids is 2. The van der Waals surface area contributed by atoms with Crippen LogP contribution in [-0.4, -0.2) is 41.8 Å². The Balaban J connectivity index is 1.87. The van der Waals surface area contributed by atoms with Crippen LogP contribution in [0.4, 0.5) is 0 Å². The van der Waals surface area contributed by atoms with Gasteiger partial charge in [0.2, 0.25) is 5.91 Å². The molecular weight excluding hydrogens is 252 g/mol. The summed E-state index contributed by atoms with van der Waals surface area (Å²) in [7, 11) is 0. The number of hydrogen-bond acceptors (Lipinski definition) is 3. The minimum Gasteiger partial charge on any atom is -0.354 e. The maximum absolute atomic E-state index is 12.0. The lowest BCUT2D eigenvalue weighted by Gasteiger charge is -2.38. The van der Waals surface area contributed by atoms with Crippen molar-refractivity contribution in [1.82, 2.24) is 10.2 Å². The van der Waals surface area contributed by atoms with Crippen molar-refractivity contribution in [2.75, 3.05) is 13.1 Å². The molecule has 2 fully saturated rings. The number of Topliss-reactive ketones (excluding diaryl/α,β-unsaturated/α-hetero) is 1. The Labute approximate surface area is 122 Å². The standard InChI is InChI=1S/C16H28N2O2/c1-12(2)17-16(20)9-11-18-10-4-3-7-14(18)13-6-5-8-15(13)19/h12-14H,3-11H2,1-2H3,(H,17,20). The second-order valence-corrected chi connectivity index (χ2v) is 6.54. The molecule has 1 aliphatic heterocycles. The van der Waals surface area contributed by atoms with E-state index in [1.807, 2.05) is 13.8 Å². The Morgan fingerprint density at radius 2 is 2.10 bits per heavy atom. The molecule has 1 saturated carbocycles. The van der Waals surface area contributed by atoms with E-state index in [2.05, 4.69) is 10.2 Å². The maximum atomic E-state index is 12.0. The molecule has 1 saturated heterocycles. The van der Waals surface area contributed by atoms with Crippen LogP contribution in [0.25, 0.3) is 0 Å². The predicted molar refractivity (Wildman–Crippen MR) is 79.5 cm³/mol. The van der Waals surface area contributed by atoms with Crippen LogP contribution >= 0.6 is 0 Å². The number of hydrogen-bond donors (Lipinski definition) is 1. The van der Waals surface area contributed by atoms with E-state index in [1.165, 1.54) is 12.8 Å². The van der Waals surface area contributed by atoms with E-state index in [4.69, 9.17) is 0 Å². The smallest absolute Gasteiger partial charge is 0.221 e. The molecule has 1 aliphatic carbocycles. The Morgan fingerprint density at radius 3 is 2.75 bits per heavy atom. The van der Waals surface area contributed by atoms with Crippen LogP contribution in [0.2, 0.25) is 0 Å². The zero-order valence-corrected chi connectivity index (χ0v) is 12.9. The Hall–Kier alpha value is -0.900. The maximum Gasteiger partial charge on any atom is 0.221 e. The lowest BCUT2D eigenvalue weighted by atomic mass is 9.88. The highest BCUT2D eigenvalue weighted by molar-refractivity contribution is 5.83. The number of amides is 1. The fourth-order valence-corrected chi connectivity index (χ4v) is 3.64. The third kappa shape index (κ3) is 4.05. The molecular formula is C16H28N2O2. The summed E-state index contributed by atoms with van der Waals surface area (Å²) in [4.78, 5) is 26.2. The molecule has 0 aromatic carbocycles. The molecule has 0 aromatic heterocycles. The van der Waals surface area contributed by atoms with Gasteiger partial charge in [0.1, 0.15) is 5.78 Å². The van der Waals surface area contributed by atoms with Gasteiger partial charge in [0.15, 0.2) is 0 Å². The summed E-state index contributed by atoms with van der Waals surface area (Å²) in [6.45, 7) is 5.81. The molecule has 0 aromatic rings. The first kappa shape index (κ1) is 15.5. The largest absolute Gasteiger partial charge is 0.354 e. The van der Waals surface area contributed by atoms with Crippen molar-refractivity contribution in [3.8, 4) is 0 Å². The van der Waals surface area contributed by atoms with Crippen LogP contribution in [0.15, 0.2) is 0 Å². The SMILES string of the molecule is CC(C)NC(=O)CCN1CCCCC1C1CCCC1=O. The summed E-state index contributed by atoms with van der Waals surface area (Å²) in [6.07, 6.45) is 6.98. The van der Waals surface area contributed by atoms with Crippen LogP contribution < -0.4 is 5.32 Å². The minimum absolute atomic E-state index is 0.127. The third-order valence-electron chi connectivity index (χ3n) is 4.56. The van der Waals surface area contributed by atoms with Crippen molar-refractivity contribution in [1.29, 1.82) is 0 Å². The normalized spacial score (nSPS) is 28.1. The van der Waals surface area contributed by atoms with Crippen LogP contribution in [0.1, 0.15) is 58.8 Å². The molecule has 2 atom stereocenters. The number of carbonyl (C=O) groups is 2. The van der Waals surface area contributed by atoms with Crippen molar-refractivity contribution in [2.24, 2.45) is 5.92 Å². The molecule has 0 spiro atoms. The Bertz CT molecular complexity index is 354. The summed E-state index contributed by atoms with van der Waals surface area (Å²) in [6, 6.07) is 0.599. The lowest BCUT2D eigenvalue weighted by Crippen LogP contribution is -2.46. The first-order valence-corrected chi connectivity index (χ1v) is 8.14. The van der Waals surface area contributed by atoms with Crippen molar-refractivity contribution < 1.29 is 9.59 Å². The van der Waals surface area contributed by atoms with Crippen LogP contribution in [-0.2, 0) is 9.59 Å². The van der Waals surface area contributed by atoms with E-state index in [-0.39, 0.29) is 17.9 Å². The molecule has 1 heterocycles. The van der Waals surface area contributed by atoms with Crippen molar-refractivity contribution in [2.45, 2.75) is 70.9 Å². The summed E-state index contributed by atoms with van der Waals surface area (Å²) in [5.41, 5.74) is 0. The van der Waals surface area contributed by atoms with Gasteiger partial charge in [0.25, 0.3) is 0 Å². The van der Waals surface area contributed by atoms with E-state index in [0.717, 1.165) is 38.8 Å². The van der Waals surface area contributed by atoms with Crippen LogP contribution in [0.5, 0.6) is 0 Å². The molecule has 2 rings (SSSR count).